The molecule has 0 spiro atoms. The van der Waals surface area contributed by atoms with Crippen molar-refractivity contribution in [2.75, 3.05) is 0 Å². The molecular formula is C23H29N3O2S. The van der Waals surface area contributed by atoms with Crippen molar-refractivity contribution in [3.8, 4) is 0 Å². The molecule has 0 bridgehead atoms. The van der Waals surface area contributed by atoms with Crippen molar-refractivity contribution in [2.24, 2.45) is 0 Å². The first kappa shape index (κ1) is 21.2. The SMILES string of the molecule is CCc1ccc(C(NC(=O)CCCc2nc(C(C)(C)C)no2)c2cccs2)cc1. The molecule has 1 N–H and O–H groups in total. The smallest absolute Gasteiger partial charge is 0.226 e. The lowest BCUT2D eigenvalue weighted by molar-refractivity contribution is -0.121. The number of carbonyl (C=O) groups is 1. The fraction of sp³-hybridized carbons (Fsp3) is 0.435. The van der Waals surface area contributed by atoms with E-state index in [1.807, 2.05) is 32.2 Å². The molecule has 1 aromatic carbocycles. The van der Waals surface area contributed by atoms with Crippen molar-refractivity contribution in [1.82, 2.24) is 15.5 Å². The van der Waals surface area contributed by atoms with Crippen LogP contribution in [0.4, 0.5) is 0 Å². The topological polar surface area (TPSA) is 68.0 Å². The average Bonchev–Trinajstić information content (AvgIpc) is 3.38. The zero-order chi connectivity index (χ0) is 20.9. The van der Waals surface area contributed by atoms with Crippen LogP contribution in [-0.4, -0.2) is 16.0 Å². The van der Waals surface area contributed by atoms with Crippen molar-refractivity contribution >= 4 is 17.2 Å². The monoisotopic (exact) mass is 411 g/mol. The molecule has 1 amide bonds. The molecule has 1 unspecified atom stereocenters. The molecule has 0 aliphatic rings. The molecule has 0 saturated heterocycles. The number of nitrogens with zero attached hydrogens (tertiary/aromatic N) is 2. The molecule has 0 radical (unpaired) electrons. The second-order valence-electron chi connectivity index (χ2n) is 8.23. The molecule has 1 atom stereocenters. The average molecular weight is 412 g/mol. The first-order valence-corrected chi connectivity index (χ1v) is 11.0. The van der Waals surface area contributed by atoms with Gasteiger partial charge in [-0.1, -0.05) is 63.2 Å². The molecule has 3 rings (SSSR count). The summed E-state index contributed by atoms with van der Waals surface area (Å²) in [6.45, 7) is 8.29. The van der Waals surface area contributed by atoms with Gasteiger partial charge < -0.3 is 9.84 Å². The molecule has 0 aliphatic carbocycles. The standard InChI is InChI=1S/C23H29N3O2S/c1-5-16-11-13-17(14-12-16)21(18-8-7-15-29-18)24-19(27)9-6-10-20-25-22(26-28-20)23(2,3)4/h7-8,11-15,21H,5-6,9-10H2,1-4H3,(H,24,27). The first-order chi connectivity index (χ1) is 13.9. The van der Waals surface area contributed by atoms with Crippen LogP contribution in [0, 0.1) is 0 Å². The van der Waals surface area contributed by atoms with E-state index in [2.05, 4.69) is 52.7 Å². The zero-order valence-electron chi connectivity index (χ0n) is 17.6. The molecule has 5 nitrogen and oxygen atoms in total. The maximum absolute atomic E-state index is 12.6. The van der Waals surface area contributed by atoms with E-state index in [-0.39, 0.29) is 17.4 Å². The number of thiophene rings is 1. The van der Waals surface area contributed by atoms with E-state index >= 15 is 0 Å². The lowest BCUT2D eigenvalue weighted by atomic mass is 9.96. The molecule has 0 fully saturated rings. The van der Waals surface area contributed by atoms with Gasteiger partial charge in [-0.3, -0.25) is 4.79 Å². The van der Waals surface area contributed by atoms with Gasteiger partial charge in [0, 0.05) is 23.1 Å². The van der Waals surface area contributed by atoms with E-state index in [4.69, 9.17) is 4.52 Å². The minimum absolute atomic E-state index is 0.0264. The third-order valence-electron chi connectivity index (χ3n) is 4.79. The Morgan fingerprint density at radius 3 is 2.55 bits per heavy atom. The summed E-state index contributed by atoms with van der Waals surface area (Å²) < 4.78 is 5.31. The summed E-state index contributed by atoms with van der Waals surface area (Å²) >= 11 is 1.66. The predicted octanol–water partition coefficient (Wildman–Crippen LogP) is 5.22. The number of amides is 1. The van der Waals surface area contributed by atoms with E-state index in [1.54, 1.807) is 11.3 Å². The van der Waals surface area contributed by atoms with Gasteiger partial charge >= 0.3 is 0 Å². The Morgan fingerprint density at radius 2 is 1.97 bits per heavy atom. The highest BCUT2D eigenvalue weighted by Gasteiger charge is 2.21. The van der Waals surface area contributed by atoms with Gasteiger partial charge in [0.05, 0.1) is 6.04 Å². The molecule has 0 saturated carbocycles. The van der Waals surface area contributed by atoms with Crippen molar-refractivity contribution < 1.29 is 9.32 Å². The number of rotatable bonds is 8. The number of hydrogen-bond acceptors (Lipinski definition) is 5. The fourth-order valence-corrected chi connectivity index (χ4v) is 3.82. The summed E-state index contributed by atoms with van der Waals surface area (Å²) in [4.78, 5) is 18.2. The van der Waals surface area contributed by atoms with Gasteiger partial charge in [0.2, 0.25) is 11.8 Å². The summed E-state index contributed by atoms with van der Waals surface area (Å²) in [7, 11) is 0. The zero-order valence-corrected chi connectivity index (χ0v) is 18.4. The third-order valence-corrected chi connectivity index (χ3v) is 5.72. The molecule has 6 heteroatoms. The van der Waals surface area contributed by atoms with Crippen molar-refractivity contribution in [2.45, 2.75) is 64.8 Å². The Labute approximate surface area is 176 Å². The number of hydrogen-bond donors (Lipinski definition) is 1. The van der Waals surface area contributed by atoms with Gasteiger partial charge in [-0.25, -0.2) is 0 Å². The molecule has 2 heterocycles. The second-order valence-corrected chi connectivity index (χ2v) is 9.21. The van der Waals surface area contributed by atoms with Crippen LogP contribution in [0.3, 0.4) is 0 Å². The van der Waals surface area contributed by atoms with Crippen LogP contribution in [0.5, 0.6) is 0 Å². The first-order valence-electron chi connectivity index (χ1n) is 10.1. The highest BCUT2D eigenvalue weighted by atomic mass is 32.1. The van der Waals surface area contributed by atoms with Gasteiger partial charge in [-0.2, -0.15) is 4.98 Å². The van der Waals surface area contributed by atoms with Crippen LogP contribution >= 0.6 is 11.3 Å². The normalized spacial score (nSPS) is 12.7. The molecule has 29 heavy (non-hydrogen) atoms. The quantitative estimate of drug-likeness (QED) is 0.552. The van der Waals surface area contributed by atoms with E-state index in [0.29, 0.717) is 31.0 Å². The van der Waals surface area contributed by atoms with E-state index in [1.165, 1.54) is 5.56 Å². The second kappa shape index (κ2) is 9.35. The largest absolute Gasteiger partial charge is 0.344 e. The number of nitrogens with one attached hydrogen (secondary N) is 1. The maximum Gasteiger partial charge on any atom is 0.226 e. The van der Waals surface area contributed by atoms with Gasteiger partial charge in [0.25, 0.3) is 0 Å². The highest BCUT2D eigenvalue weighted by molar-refractivity contribution is 7.10. The minimum atomic E-state index is -0.139. The Hall–Kier alpha value is -2.47. The van der Waals surface area contributed by atoms with Crippen molar-refractivity contribution in [3.63, 3.8) is 0 Å². The number of carbonyl (C=O) groups excluding carboxylic acids is 1. The van der Waals surface area contributed by atoms with Gasteiger partial charge in [0.15, 0.2) is 5.82 Å². The molecule has 3 aromatic rings. The molecule has 0 aliphatic heterocycles. The molecule has 2 aromatic heterocycles. The Kier molecular flexibility index (Phi) is 6.85. The number of aryl methyl sites for hydroxylation is 2. The predicted molar refractivity (Wildman–Crippen MR) is 116 cm³/mol. The van der Waals surface area contributed by atoms with E-state index in [9.17, 15) is 4.79 Å². The summed E-state index contributed by atoms with van der Waals surface area (Å²) in [5.41, 5.74) is 2.25. The number of aromatic nitrogens is 2. The Bertz CT molecular complexity index is 909. The summed E-state index contributed by atoms with van der Waals surface area (Å²) in [5.74, 6) is 1.32. The van der Waals surface area contributed by atoms with E-state index in [0.717, 1.165) is 16.9 Å². The lowest BCUT2D eigenvalue weighted by Crippen LogP contribution is -2.28. The fourth-order valence-electron chi connectivity index (χ4n) is 3.01. The molecular weight excluding hydrogens is 382 g/mol. The van der Waals surface area contributed by atoms with Crippen LogP contribution in [0.25, 0.3) is 0 Å². The number of benzene rings is 1. The summed E-state index contributed by atoms with van der Waals surface area (Å²) in [6.07, 6.45) is 2.69. The highest BCUT2D eigenvalue weighted by Crippen LogP contribution is 2.27. The minimum Gasteiger partial charge on any atom is -0.344 e. The van der Waals surface area contributed by atoms with Gasteiger partial charge in [0.1, 0.15) is 0 Å². The maximum atomic E-state index is 12.6. The Morgan fingerprint density at radius 1 is 1.21 bits per heavy atom. The summed E-state index contributed by atoms with van der Waals surface area (Å²) in [6, 6.07) is 12.4. The van der Waals surface area contributed by atoms with Crippen LogP contribution < -0.4 is 5.32 Å². The van der Waals surface area contributed by atoms with Crippen molar-refractivity contribution in [1.29, 1.82) is 0 Å². The van der Waals surface area contributed by atoms with Crippen molar-refractivity contribution in [3.05, 3.63) is 69.5 Å². The van der Waals surface area contributed by atoms with Gasteiger partial charge in [-0.05, 0) is 35.4 Å². The van der Waals surface area contributed by atoms with Crippen LogP contribution in [-0.2, 0) is 23.1 Å². The van der Waals surface area contributed by atoms with Crippen LogP contribution in [0.1, 0.15) is 74.3 Å². The summed E-state index contributed by atoms with van der Waals surface area (Å²) in [5, 5.41) is 9.27. The van der Waals surface area contributed by atoms with Crippen LogP contribution in [0.2, 0.25) is 0 Å². The van der Waals surface area contributed by atoms with E-state index < -0.39 is 0 Å². The molecule has 154 valence electrons. The third kappa shape index (κ3) is 5.76. The van der Waals surface area contributed by atoms with Crippen LogP contribution in [0.15, 0.2) is 46.3 Å². The lowest BCUT2D eigenvalue weighted by Gasteiger charge is -2.18. The van der Waals surface area contributed by atoms with Gasteiger partial charge in [-0.15, -0.1) is 11.3 Å². The Balaban J connectivity index is 1.59.